The highest BCUT2D eigenvalue weighted by atomic mass is 16.5. The molecule has 0 saturated carbocycles. The molecule has 0 unspecified atom stereocenters. The van der Waals surface area contributed by atoms with E-state index in [2.05, 4.69) is 15.1 Å². The molecule has 0 spiro atoms. The number of ether oxygens (including phenoxy) is 3. The van der Waals surface area contributed by atoms with Crippen molar-refractivity contribution in [2.75, 3.05) is 40.5 Å². The van der Waals surface area contributed by atoms with Crippen molar-refractivity contribution in [3.63, 3.8) is 0 Å². The Morgan fingerprint density at radius 1 is 1.14 bits per heavy atom. The first-order valence-corrected chi connectivity index (χ1v) is 11.7. The van der Waals surface area contributed by atoms with Crippen molar-refractivity contribution >= 4 is 5.91 Å². The van der Waals surface area contributed by atoms with Crippen LogP contribution in [0.3, 0.4) is 0 Å². The van der Waals surface area contributed by atoms with Crippen LogP contribution in [0.15, 0.2) is 36.4 Å². The van der Waals surface area contributed by atoms with Gasteiger partial charge in [0.15, 0.2) is 11.5 Å². The number of rotatable bonds is 9. The van der Waals surface area contributed by atoms with Gasteiger partial charge in [0.2, 0.25) is 5.91 Å². The molecule has 1 aromatic heterocycles. The summed E-state index contributed by atoms with van der Waals surface area (Å²) < 4.78 is 16.7. The number of nitrogens with zero attached hydrogens (tertiary/aromatic N) is 2. The number of phenols is 1. The average molecular weight is 481 g/mol. The van der Waals surface area contributed by atoms with Crippen molar-refractivity contribution in [3.05, 3.63) is 42.1 Å². The number of piperidine rings is 1. The number of hydrogen-bond acceptors (Lipinski definition) is 7. The fourth-order valence-electron chi connectivity index (χ4n) is 4.50. The zero-order valence-electron chi connectivity index (χ0n) is 20.3. The van der Waals surface area contributed by atoms with Crippen LogP contribution in [0, 0.1) is 12.8 Å². The number of hydrogen-bond donors (Lipinski definition) is 3. The van der Waals surface area contributed by atoms with Crippen LogP contribution in [-0.4, -0.2) is 66.6 Å². The lowest BCUT2D eigenvalue weighted by Crippen LogP contribution is -2.40. The van der Waals surface area contributed by atoms with Crippen molar-refractivity contribution in [2.24, 2.45) is 11.7 Å². The molecule has 4 N–H and O–H groups in total. The lowest BCUT2D eigenvalue weighted by molar-refractivity contribution is -0.123. The van der Waals surface area contributed by atoms with Gasteiger partial charge in [-0.2, -0.15) is 5.10 Å². The van der Waals surface area contributed by atoms with Crippen molar-refractivity contribution in [1.29, 1.82) is 0 Å². The Balaban J connectivity index is 1.46. The Bertz CT molecular complexity index is 1180. The molecule has 1 aliphatic rings. The lowest BCUT2D eigenvalue weighted by atomic mass is 9.96. The summed E-state index contributed by atoms with van der Waals surface area (Å²) in [5.41, 5.74) is 9.26. The molecule has 1 fully saturated rings. The summed E-state index contributed by atoms with van der Waals surface area (Å²) in [5, 5.41) is 18.3. The fraction of sp³-hybridized carbons (Fsp3) is 0.385. The number of amides is 1. The van der Waals surface area contributed by atoms with Crippen LogP contribution in [0.4, 0.5) is 0 Å². The van der Waals surface area contributed by atoms with Crippen molar-refractivity contribution in [2.45, 2.75) is 19.8 Å². The van der Waals surface area contributed by atoms with Crippen molar-refractivity contribution in [1.82, 2.24) is 15.1 Å². The zero-order chi connectivity index (χ0) is 24.9. The van der Waals surface area contributed by atoms with Gasteiger partial charge in [0.05, 0.1) is 14.2 Å². The number of aromatic nitrogens is 2. The highest BCUT2D eigenvalue weighted by Crippen LogP contribution is 2.41. The smallest absolute Gasteiger partial charge is 0.220 e. The van der Waals surface area contributed by atoms with E-state index in [0.29, 0.717) is 35.1 Å². The summed E-state index contributed by atoms with van der Waals surface area (Å²) >= 11 is 0. The van der Waals surface area contributed by atoms with Crippen LogP contribution >= 0.6 is 0 Å². The molecule has 0 atom stereocenters. The highest BCUT2D eigenvalue weighted by Gasteiger charge is 2.23. The third kappa shape index (κ3) is 5.35. The van der Waals surface area contributed by atoms with Crippen molar-refractivity contribution < 1.29 is 24.1 Å². The van der Waals surface area contributed by atoms with Gasteiger partial charge < -0.3 is 25.1 Å². The highest BCUT2D eigenvalue weighted by molar-refractivity contribution is 5.86. The van der Waals surface area contributed by atoms with Gasteiger partial charge in [-0.1, -0.05) is 6.07 Å². The van der Waals surface area contributed by atoms with Crippen LogP contribution in [0.1, 0.15) is 18.5 Å². The van der Waals surface area contributed by atoms with Crippen LogP contribution in [0.25, 0.3) is 22.4 Å². The number of primary amides is 1. The van der Waals surface area contributed by atoms with E-state index in [4.69, 9.17) is 19.9 Å². The SMILES string of the molecule is COc1ccc(-c2c(-c3ccc(OCCN4CCC(C(N)=O)CC4)cc3O)n[nH]c2C)cc1OC. The number of aromatic hydroxyl groups is 1. The predicted octanol–water partition coefficient (Wildman–Crippen LogP) is 3.35. The summed E-state index contributed by atoms with van der Waals surface area (Å²) in [7, 11) is 3.19. The minimum Gasteiger partial charge on any atom is -0.507 e. The summed E-state index contributed by atoms with van der Waals surface area (Å²) in [4.78, 5) is 13.6. The van der Waals surface area contributed by atoms with Gasteiger partial charge in [0.1, 0.15) is 23.8 Å². The largest absolute Gasteiger partial charge is 0.507 e. The third-order valence-electron chi connectivity index (χ3n) is 6.51. The zero-order valence-corrected chi connectivity index (χ0v) is 20.3. The molecular formula is C26H32N4O5. The second-order valence-electron chi connectivity index (χ2n) is 8.69. The van der Waals surface area contributed by atoms with Crippen LogP contribution in [0.5, 0.6) is 23.0 Å². The average Bonchev–Trinajstić information content (AvgIpc) is 3.24. The molecule has 3 aromatic rings. The molecule has 1 aliphatic heterocycles. The number of benzene rings is 2. The first-order chi connectivity index (χ1) is 16.9. The Morgan fingerprint density at radius 3 is 2.54 bits per heavy atom. The fourth-order valence-corrected chi connectivity index (χ4v) is 4.50. The van der Waals surface area contributed by atoms with E-state index in [-0.39, 0.29) is 17.6 Å². The van der Waals surface area contributed by atoms with E-state index < -0.39 is 0 Å². The van der Waals surface area contributed by atoms with Crippen LogP contribution in [0.2, 0.25) is 0 Å². The van der Waals surface area contributed by atoms with Gasteiger partial charge in [-0.05, 0) is 62.7 Å². The minimum atomic E-state index is -0.210. The predicted molar refractivity (Wildman–Crippen MR) is 133 cm³/mol. The molecule has 2 aromatic carbocycles. The van der Waals surface area contributed by atoms with Gasteiger partial charge in [0, 0.05) is 35.3 Å². The van der Waals surface area contributed by atoms with Crippen LogP contribution in [-0.2, 0) is 4.79 Å². The molecule has 1 saturated heterocycles. The molecule has 0 bridgehead atoms. The maximum Gasteiger partial charge on any atom is 0.220 e. The summed E-state index contributed by atoms with van der Waals surface area (Å²) in [5.74, 6) is 1.68. The Labute approximate surface area is 204 Å². The molecule has 9 nitrogen and oxygen atoms in total. The summed E-state index contributed by atoms with van der Waals surface area (Å²) in [6, 6.07) is 10.9. The van der Waals surface area contributed by atoms with Crippen molar-refractivity contribution in [3.8, 4) is 45.4 Å². The van der Waals surface area contributed by atoms with E-state index >= 15 is 0 Å². The molecule has 0 radical (unpaired) electrons. The number of nitrogens with two attached hydrogens (primary N) is 1. The number of aryl methyl sites for hydroxylation is 1. The molecule has 2 heterocycles. The topological polar surface area (TPSA) is 123 Å². The van der Waals surface area contributed by atoms with Gasteiger partial charge in [-0.3, -0.25) is 14.8 Å². The second kappa shape index (κ2) is 10.7. The first kappa shape index (κ1) is 24.4. The number of methoxy groups -OCH3 is 2. The number of nitrogens with one attached hydrogen (secondary N) is 1. The maximum absolute atomic E-state index is 11.3. The van der Waals surface area contributed by atoms with E-state index in [1.807, 2.05) is 37.3 Å². The standard InChI is InChI=1S/C26H32N4O5/c1-16-24(18-4-7-22(33-2)23(14-18)34-3)25(29-28-16)20-6-5-19(15-21(20)31)35-13-12-30-10-8-17(9-11-30)26(27)32/h4-7,14-15,17,31H,8-13H2,1-3H3,(H2,27,32)(H,28,29). The first-order valence-electron chi connectivity index (χ1n) is 11.7. The van der Waals surface area contributed by atoms with E-state index in [0.717, 1.165) is 49.3 Å². The number of carbonyl (C=O) groups is 1. The van der Waals surface area contributed by atoms with Gasteiger partial charge in [0.25, 0.3) is 0 Å². The third-order valence-corrected chi connectivity index (χ3v) is 6.51. The summed E-state index contributed by atoms with van der Waals surface area (Å²) in [6.45, 7) is 4.83. The summed E-state index contributed by atoms with van der Waals surface area (Å²) in [6.07, 6.45) is 1.58. The molecule has 0 aliphatic carbocycles. The Hall–Kier alpha value is -3.72. The van der Waals surface area contributed by atoms with Gasteiger partial charge in [-0.15, -0.1) is 0 Å². The second-order valence-corrected chi connectivity index (χ2v) is 8.69. The van der Waals surface area contributed by atoms with E-state index in [9.17, 15) is 9.90 Å². The normalized spacial score (nSPS) is 14.6. The lowest BCUT2D eigenvalue weighted by Gasteiger charge is -2.30. The molecule has 186 valence electrons. The Morgan fingerprint density at radius 2 is 1.89 bits per heavy atom. The number of carbonyl (C=O) groups excluding carboxylic acids is 1. The quantitative estimate of drug-likeness (QED) is 0.429. The van der Waals surface area contributed by atoms with Crippen LogP contribution < -0.4 is 19.9 Å². The maximum atomic E-state index is 11.3. The van der Waals surface area contributed by atoms with E-state index in [1.54, 1.807) is 20.3 Å². The molecule has 35 heavy (non-hydrogen) atoms. The number of phenolic OH excluding ortho intramolecular Hbond substituents is 1. The monoisotopic (exact) mass is 480 g/mol. The molecular weight excluding hydrogens is 448 g/mol. The molecule has 1 amide bonds. The number of likely N-dealkylation sites (tertiary alicyclic amines) is 1. The molecule has 4 rings (SSSR count). The Kier molecular flexibility index (Phi) is 7.45. The molecule has 9 heteroatoms. The number of H-pyrrole nitrogens is 1. The number of aromatic amines is 1. The van der Waals surface area contributed by atoms with Gasteiger partial charge >= 0.3 is 0 Å². The van der Waals surface area contributed by atoms with Gasteiger partial charge in [-0.25, -0.2) is 0 Å². The minimum absolute atomic E-state index is 0.0220. The van der Waals surface area contributed by atoms with E-state index in [1.165, 1.54) is 0 Å².